The molecule has 1 fully saturated rings. The fourth-order valence-electron chi connectivity index (χ4n) is 3.41. The molecule has 0 spiro atoms. The Morgan fingerprint density at radius 1 is 1.07 bits per heavy atom. The molecule has 0 radical (unpaired) electrons. The monoisotopic (exact) mass is 416 g/mol. The zero-order valence-corrected chi connectivity index (χ0v) is 17.9. The quantitative estimate of drug-likeness (QED) is 0.321. The molecule has 1 aliphatic carbocycles. The molecule has 30 heavy (non-hydrogen) atoms. The van der Waals surface area contributed by atoms with E-state index < -0.39 is 5.97 Å². The minimum atomic E-state index is -0.898. The van der Waals surface area contributed by atoms with Gasteiger partial charge in [0.05, 0.1) is 19.3 Å². The summed E-state index contributed by atoms with van der Waals surface area (Å²) in [6, 6.07) is 8.16. The van der Waals surface area contributed by atoms with Crippen molar-refractivity contribution in [1.29, 1.82) is 0 Å². The van der Waals surface area contributed by atoms with Crippen LogP contribution in [0.4, 0.5) is 0 Å². The van der Waals surface area contributed by atoms with Gasteiger partial charge in [-0.2, -0.15) is 0 Å². The van der Waals surface area contributed by atoms with Crippen LogP contribution >= 0.6 is 0 Å². The van der Waals surface area contributed by atoms with Crippen molar-refractivity contribution in [3.05, 3.63) is 53.6 Å². The van der Waals surface area contributed by atoms with E-state index in [1.54, 1.807) is 19.9 Å². The van der Waals surface area contributed by atoms with Gasteiger partial charge in [0.2, 0.25) is 0 Å². The number of hydrogen-bond donors (Lipinski definition) is 1. The molecule has 1 saturated carbocycles. The molecule has 1 aliphatic rings. The lowest BCUT2D eigenvalue weighted by atomic mass is 9.83. The molecule has 0 unspecified atom stereocenters. The number of hydrogen-bond acceptors (Lipinski definition) is 5. The van der Waals surface area contributed by atoms with Crippen molar-refractivity contribution >= 4 is 11.9 Å². The van der Waals surface area contributed by atoms with E-state index >= 15 is 0 Å². The van der Waals surface area contributed by atoms with Gasteiger partial charge < -0.3 is 19.3 Å². The van der Waals surface area contributed by atoms with E-state index in [0.717, 1.165) is 31.4 Å². The number of carboxylic acids is 1. The normalized spacial score (nSPS) is 19.2. The minimum absolute atomic E-state index is 0.217. The highest BCUT2D eigenvalue weighted by Gasteiger charge is 2.23. The highest BCUT2D eigenvalue weighted by Crippen LogP contribution is 2.34. The van der Waals surface area contributed by atoms with Crippen LogP contribution in [0.3, 0.4) is 0 Å². The number of ether oxygens (including phenoxy) is 3. The highest BCUT2D eigenvalue weighted by molar-refractivity contribution is 5.87. The van der Waals surface area contributed by atoms with Gasteiger partial charge >= 0.3 is 11.9 Å². The van der Waals surface area contributed by atoms with Gasteiger partial charge in [0.25, 0.3) is 0 Å². The Hall–Kier alpha value is -2.60. The van der Waals surface area contributed by atoms with Gasteiger partial charge in [-0.3, -0.25) is 0 Å². The van der Waals surface area contributed by atoms with Crippen LogP contribution in [-0.4, -0.2) is 43.0 Å². The third-order valence-electron chi connectivity index (χ3n) is 5.22. The Balaban J connectivity index is 1.67. The Kier molecular flexibility index (Phi) is 9.61. The first kappa shape index (κ1) is 23.7. The number of carboxylic acid groups (broad SMARTS) is 1. The number of rotatable bonds is 11. The molecule has 6 heteroatoms. The van der Waals surface area contributed by atoms with Crippen molar-refractivity contribution in [3.8, 4) is 5.75 Å². The zero-order chi connectivity index (χ0) is 21.9. The van der Waals surface area contributed by atoms with Gasteiger partial charge in [-0.25, -0.2) is 9.59 Å². The second-order valence-corrected chi connectivity index (χ2v) is 7.66. The van der Waals surface area contributed by atoms with E-state index in [4.69, 9.17) is 19.3 Å². The van der Waals surface area contributed by atoms with E-state index in [0.29, 0.717) is 36.7 Å². The van der Waals surface area contributed by atoms with E-state index in [1.165, 1.54) is 5.56 Å². The first-order valence-electron chi connectivity index (χ1n) is 10.4. The Morgan fingerprint density at radius 3 is 2.33 bits per heavy atom. The number of esters is 1. The topological polar surface area (TPSA) is 82.1 Å². The molecule has 1 aromatic rings. The van der Waals surface area contributed by atoms with Crippen LogP contribution < -0.4 is 4.74 Å². The summed E-state index contributed by atoms with van der Waals surface area (Å²) in [6.45, 7) is 7.89. The number of benzene rings is 1. The SMILES string of the molecule is C=C(C)C(=O)OCCOC1CCC(c2ccc(OCCC=C(C)C(=O)O)cc2)CC1. The molecule has 0 bridgehead atoms. The first-order valence-corrected chi connectivity index (χ1v) is 10.4. The van der Waals surface area contributed by atoms with Crippen LogP contribution in [0.15, 0.2) is 48.1 Å². The molecule has 6 nitrogen and oxygen atoms in total. The molecule has 0 heterocycles. The zero-order valence-electron chi connectivity index (χ0n) is 17.9. The summed E-state index contributed by atoms with van der Waals surface area (Å²) >= 11 is 0. The van der Waals surface area contributed by atoms with E-state index in [1.807, 2.05) is 12.1 Å². The van der Waals surface area contributed by atoms with Crippen LogP contribution in [0.1, 0.15) is 57.4 Å². The molecule has 164 valence electrons. The maximum Gasteiger partial charge on any atom is 0.333 e. The number of carbonyl (C=O) groups is 2. The summed E-state index contributed by atoms with van der Waals surface area (Å²) in [5.41, 5.74) is 2.04. The predicted octanol–water partition coefficient (Wildman–Crippen LogP) is 4.65. The summed E-state index contributed by atoms with van der Waals surface area (Å²) in [5.74, 6) is 0.0370. The van der Waals surface area contributed by atoms with E-state index in [-0.39, 0.29) is 18.7 Å². The van der Waals surface area contributed by atoms with Gasteiger partial charge in [0.15, 0.2) is 0 Å². The molecule has 1 N–H and O–H groups in total. The van der Waals surface area contributed by atoms with E-state index in [9.17, 15) is 9.59 Å². The summed E-state index contributed by atoms with van der Waals surface area (Å²) in [7, 11) is 0. The average Bonchev–Trinajstić information content (AvgIpc) is 2.74. The molecular formula is C24H32O6. The van der Waals surface area contributed by atoms with Crippen molar-refractivity contribution in [2.24, 2.45) is 0 Å². The third-order valence-corrected chi connectivity index (χ3v) is 5.22. The lowest BCUT2D eigenvalue weighted by Gasteiger charge is -2.29. The van der Waals surface area contributed by atoms with Crippen molar-refractivity contribution in [2.75, 3.05) is 19.8 Å². The number of carbonyl (C=O) groups excluding carboxylic acids is 1. The molecule has 1 aromatic carbocycles. The van der Waals surface area contributed by atoms with Crippen LogP contribution in [-0.2, 0) is 19.1 Å². The Labute approximate surface area is 178 Å². The second kappa shape index (κ2) is 12.2. The van der Waals surface area contributed by atoms with Gasteiger partial charge in [0.1, 0.15) is 12.4 Å². The predicted molar refractivity (Wildman–Crippen MR) is 115 cm³/mol. The smallest absolute Gasteiger partial charge is 0.333 e. The fraction of sp³-hybridized carbons (Fsp3) is 0.500. The standard InChI is InChI=1S/C24H32O6/c1-17(2)24(27)30-16-15-29-22-12-8-20(9-13-22)19-6-10-21(11-7-19)28-14-4-5-18(3)23(25)26/h5-7,10-11,20,22H,1,4,8-9,12-16H2,2-3H3,(H,25,26). The van der Waals surface area contributed by atoms with Gasteiger partial charge in [0, 0.05) is 17.6 Å². The van der Waals surface area contributed by atoms with Gasteiger partial charge in [-0.1, -0.05) is 24.8 Å². The fourth-order valence-corrected chi connectivity index (χ4v) is 3.41. The van der Waals surface area contributed by atoms with Crippen LogP contribution in [0.2, 0.25) is 0 Å². The van der Waals surface area contributed by atoms with E-state index in [2.05, 4.69) is 18.7 Å². The summed E-state index contributed by atoms with van der Waals surface area (Å²) in [5, 5.41) is 8.82. The van der Waals surface area contributed by atoms with Gasteiger partial charge in [-0.05, 0) is 63.1 Å². The summed E-state index contributed by atoms with van der Waals surface area (Å²) in [4.78, 5) is 22.1. The highest BCUT2D eigenvalue weighted by atomic mass is 16.6. The minimum Gasteiger partial charge on any atom is -0.493 e. The third kappa shape index (κ3) is 8.03. The molecule has 0 aromatic heterocycles. The number of aliphatic carboxylic acids is 1. The summed E-state index contributed by atoms with van der Waals surface area (Å²) < 4.78 is 16.6. The van der Waals surface area contributed by atoms with Crippen molar-refractivity contribution in [1.82, 2.24) is 0 Å². The lowest BCUT2D eigenvalue weighted by Crippen LogP contribution is -2.23. The maximum absolute atomic E-state index is 11.3. The second-order valence-electron chi connectivity index (χ2n) is 7.66. The van der Waals surface area contributed by atoms with Crippen LogP contribution in [0.5, 0.6) is 5.75 Å². The largest absolute Gasteiger partial charge is 0.493 e. The Bertz CT molecular complexity index is 741. The van der Waals surface area contributed by atoms with Crippen molar-refractivity contribution < 1.29 is 28.9 Å². The van der Waals surface area contributed by atoms with Crippen LogP contribution in [0.25, 0.3) is 0 Å². The first-order chi connectivity index (χ1) is 14.4. The van der Waals surface area contributed by atoms with Gasteiger partial charge in [-0.15, -0.1) is 0 Å². The summed E-state index contributed by atoms with van der Waals surface area (Å²) in [6.07, 6.45) is 6.57. The lowest BCUT2D eigenvalue weighted by molar-refractivity contribution is -0.141. The maximum atomic E-state index is 11.3. The van der Waals surface area contributed by atoms with Crippen LogP contribution in [0, 0.1) is 0 Å². The molecule has 0 atom stereocenters. The molecule has 2 rings (SSSR count). The molecular weight excluding hydrogens is 384 g/mol. The molecule has 0 saturated heterocycles. The molecule has 0 aliphatic heterocycles. The Morgan fingerprint density at radius 2 is 1.73 bits per heavy atom. The molecule has 0 amide bonds. The van der Waals surface area contributed by atoms with Crippen molar-refractivity contribution in [2.45, 2.75) is 58.0 Å². The van der Waals surface area contributed by atoms with Crippen molar-refractivity contribution in [3.63, 3.8) is 0 Å². The average molecular weight is 417 g/mol.